The highest BCUT2D eigenvalue weighted by Crippen LogP contribution is 2.23. The van der Waals surface area contributed by atoms with Crippen molar-refractivity contribution in [1.82, 2.24) is 10.2 Å². The Kier molecular flexibility index (Phi) is 9.01. The summed E-state index contributed by atoms with van der Waals surface area (Å²) in [5.74, 6) is -0.733. The SMILES string of the molecule is C[C@@H](C(=O)NC1CCCC1)N(Cc1cccc(Br)c1)C(=O)CN(c1cccc(Cl)c1)S(C)(=O)=O. The highest BCUT2D eigenvalue weighted by Gasteiger charge is 2.31. The van der Waals surface area contributed by atoms with Gasteiger partial charge in [0.25, 0.3) is 0 Å². The van der Waals surface area contributed by atoms with Gasteiger partial charge in [-0.2, -0.15) is 0 Å². The number of nitrogens with zero attached hydrogens (tertiary/aromatic N) is 2. The normalized spacial score (nSPS) is 15.1. The summed E-state index contributed by atoms with van der Waals surface area (Å²) in [5, 5.41) is 3.40. The van der Waals surface area contributed by atoms with Crippen LogP contribution in [0, 0.1) is 0 Å². The van der Waals surface area contributed by atoms with E-state index in [0.29, 0.717) is 5.02 Å². The average molecular weight is 571 g/mol. The fraction of sp³-hybridized carbons (Fsp3) is 0.417. The molecule has 10 heteroatoms. The number of hydrogen-bond acceptors (Lipinski definition) is 4. The van der Waals surface area contributed by atoms with Crippen LogP contribution >= 0.6 is 27.5 Å². The maximum atomic E-state index is 13.5. The first-order valence-corrected chi connectivity index (χ1v) is 14.1. The van der Waals surface area contributed by atoms with E-state index >= 15 is 0 Å². The van der Waals surface area contributed by atoms with Gasteiger partial charge >= 0.3 is 0 Å². The number of carbonyl (C=O) groups excluding carboxylic acids is 2. The van der Waals surface area contributed by atoms with Gasteiger partial charge in [-0.15, -0.1) is 0 Å². The number of sulfonamides is 1. The van der Waals surface area contributed by atoms with E-state index < -0.39 is 28.5 Å². The minimum Gasteiger partial charge on any atom is -0.352 e. The lowest BCUT2D eigenvalue weighted by Gasteiger charge is -2.32. The van der Waals surface area contributed by atoms with Gasteiger partial charge in [0.05, 0.1) is 11.9 Å². The molecule has 0 radical (unpaired) electrons. The molecule has 1 atom stereocenters. The smallest absolute Gasteiger partial charge is 0.244 e. The number of benzene rings is 2. The molecule has 0 bridgehead atoms. The number of hydrogen-bond donors (Lipinski definition) is 1. The number of anilines is 1. The van der Waals surface area contributed by atoms with Gasteiger partial charge in [-0.3, -0.25) is 13.9 Å². The van der Waals surface area contributed by atoms with Gasteiger partial charge in [0.1, 0.15) is 12.6 Å². The van der Waals surface area contributed by atoms with Crippen LogP contribution in [0.15, 0.2) is 53.0 Å². The standard InChI is InChI=1S/C24H29BrClN3O4S/c1-17(24(31)27-21-10-3-4-11-21)28(15-18-7-5-8-19(25)13-18)23(30)16-29(34(2,32)33)22-12-6-9-20(26)14-22/h5-9,12-14,17,21H,3-4,10-11,15-16H2,1-2H3,(H,27,31)/t17-/m0/s1. The van der Waals surface area contributed by atoms with Crippen molar-refractivity contribution in [2.24, 2.45) is 0 Å². The second kappa shape index (κ2) is 11.6. The molecule has 0 aromatic heterocycles. The van der Waals surface area contributed by atoms with Gasteiger partial charge in [-0.25, -0.2) is 8.42 Å². The molecule has 2 aromatic rings. The van der Waals surface area contributed by atoms with Gasteiger partial charge in [-0.1, -0.05) is 58.6 Å². The molecule has 0 unspecified atom stereocenters. The van der Waals surface area contributed by atoms with E-state index in [-0.39, 0.29) is 24.2 Å². The third-order valence-electron chi connectivity index (χ3n) is 5.89. The summed E-state index contributed by atoms with van der Waals surface area (Å²) in [6.07, 6.45) is 5.03. The summed E-state index contributed by atoms with van der Waals surface area (Å²) in [4.78, 5) is 28.0. The van der Waals surface area contributed by atoms with Gasteiger partial charge in [-0.05, 0) is 55.7 Å². The number of nitrogens with one attached hydrogen (secondary N) is 1. The number of amides is 2. The zero-order chi connectivity index (χ0) is 24.9. The Hall–Kier alpha value is -2.10. The van der Waals surface area contributed by atoms with Gasteiger partial charge in [0.15, 0.2) is 0 Å². The topological polar surface area (TPSA) is 86.8 Å². The van der Waals surface area contributed by atoms with E-state index in [4.69, 9.17) is 11.6 Å². The monoisotopic (exact) mass is 569 g/mol. The van der Waals surface area contributed by atoms with Gasteiger partial charge < -0.3 is 10.2 Å². The van der Waals surface area contributed by atoms with E-state index in [0.717, 1.165) is 46.3 Å². The van der Waals surface area contributed by atoms with E-state index in [1.807, 2.05) is 24.3 Å². The van der Waals surface area contributed by atoms with Gasteiger partial charge in [0, 0.05) is 22.1 Å². The van der Waals surface area contributed by atoms with E-state index in [1.165, 1.54) is 11.0 Å². The Morgan fingerprint density at radius 2 is 1.82 bits per heavy atom. The van der Waals surface area contributed by atoms with Crippen LogP contribution in [0.25, 0.3) is 0 Å². The first-order valence-electron chi connectivity index (χ1n) is 11.1. The summed E-state index contributed by atoms with van der Waals surface area (Å²) in [5.41, 5.74) is 1.10. The largest absolute Gasteiger partial charge is 0.352 e. The van der Waals surface area contributed by atoms with Crippen LogP contribution in [-0.4, -0.2) is 50.0 Å². The first-order chi connectivity index (χ1) is 16.0. The Labute approximate surface area is 214 Å². The molecule has 1 aliphatic carbocycles. The quantitative estimate of drug-likeness (QED) is 0.486. The van der Waals surface area contributed by atoms with Crippen LogP contribution in [0.1, 0.15) is 38.2 Å². The molecule has 0 heterocycles. The zero-order valence-electron chi connectivity index (χ0n) is 19.2. The highest BCUT2D eigenvalue weighted by atomic mass is 79.9. The number of carbonyl (C=O) groups is 2. The molecule has 0 spiro atoms. The third-order valence-corrected chi connectivity index (χ3v) is 7.76. The van der Waals surface area contributed by atoms with Crippen LogP contribution in [0.3, 0.4) is 0 Å². The molecule has 1 saturated carbocycles. The third kappa shape index (κ3) is 7.20. The maximum absolute atomic E-state index is 13.5. The Morgan fingerprint density at radius 1 is 1.15 bits per heavy atom. The van der Waals surface area contributed by atoms with Crippen LogP contribution in [0.5, 0.6) is 0 Å². The molecule has 7 nitrogen and oxygen atoms in total. The second-order valence-corrected chi connectivity index (χ2v) is 11.8. The predicted octanol–water partition coefficient (Wildman–Crippen LogP) is 4.34. The van der Waals surface area contributed by atoms with Crippen molar-refractivity contribution in [3.63, 3.8) is 0 Å². The zero-order valence-corrected chi connectivity index (χ0v) is 22.4. The molecule has 2 amide bonds. The van der Waals surface area contributed by atoms with Crippen molar-refractivity contribution >= 4 is 55.1 Å². The minimum atomic E-state index is -3.79. The van der Waals surface area contributed by atoms with Gasteiger partial charge in [0.2, 0.25) is 21.8 Å². The fourth-order valence-electron chi connectivity index (χ4n) is 4.05. The lowest BCUT2D eigenvalue weighted by atomic mass is 10.1. The summed E-state index contributed by atoms with van der Waals surface area (Å²) in [6.45, 7) is 1.38. The molecule has 184 valence electrons. The van der Waals surface area contributed by atoms with E-state index in [2.05, 4.69) is 21.2 Å². The van der Waals surface area contributed by atoms with Crippen molar-refractivity contribution in [1.29, 1.82) is 0 Å². The van der Waals surface area contributed by atoms with Crippen LogP contribution in [0.4, 0.5) is 5.69 Å². The molecule has 1 fully saturated rings. The molecule has 0 aliphatic heterocycles. The molecule has 34 heavy (non-hydrogen) atoms. The molecule has 2 aromatic carbocycles. The summed E-state index contributed by atoms with van der Waals surface area (Å²) < 4.78 is 27.0. The van der Waals surface area contributed by atoms with Crippen molar-refractivity contribution in [3.05, 3.63) is 63.6 Å². The molecular formula is C24H29BrClN3O4S. The maximum Gasteiger partial charge on any atom is 0.244 e. The highest BCUT2D eigenvalue weighted by molar-refractivity contribution is 9.10. The van der Waals surface area contributed by atoms with Crippen molar-refractivity contribution in [2.45, 2.75) is 51.2 Å². The lowest BCUT2D eigenvalue weighted by molar-refractivity contribution is -0.139. The van der Waals surface area contributed by atoms with Crippen molar-refractivity contribution in [2.75, 3.05) is 17.1 Å². The summed E-state index contributed by atoms with van der Waals surface area (Å²) in [6, 6.07) is 13.1. The van der Waals surface area contributed by atoms with Crippen LogP contribution in [0.2, 0.25) is 5.02 Å². The molecule has 3 rings (SSSR count). The first kappa shape index (κ1) is 26.5. The Balaban J connectivity index is 1.88. The minimum absolute atomic E-state index is 0.108. The Morgan fingerprint density at radius 3 is 2.44 bits per heavy atom. The predicted molar refractivity (Wildman–Crippen MR) is 138 cm³/mol. The fourth-order valence-corrected chi connectivity index (χ4v) is 5.52. The van der Waals surface area contributed by atoms with Crippen LogP contribution in [-0.2, 0) is 26.2 Å². The van der Waals surface area contributed by atoms with Crippen LogP contribution < -0.4 is 9.62 Å². The number of rotatable bonds is 9. The number of halogens is 2. The van der Waals surface area contributed by atoms with E-state index in [9.17, 15) is 18.0 Å². The summed E-state index contributed by atoms with van der Waals surface area (Å²) in [7, 11) is -3.79. The van der Waals surface area contributed by atoms with Crippen molar-refractivity contribution in [3.8, 4) is 0 Å². The molecule has 1 aliphatic rings. The molecular weight excluding hydrogens is 542 g/mol. The van der Waals surface area contributed by atoms with E-state index in [1.54, 1.807) is 25.1 Å². The van der Waals surface area contributed by atoms with Crippen molar-refractivity contribution < 1.29 is 18.0 Å². The summed E-state index contributed by atoms with van der Waals surface area (Å²) >= 11 is 9.49. The average Bonchev–Trinajstić information content (AvgIpc) is 3.27. The molecule has 1 N–H and O–H groups in total. The lowest BCUT2D eigenvalue weighted by Crippen LogP contribution is -2.52. The molecule has 0 saturated heterocycles. The Bertz CT molecular complexity index is 1140. The second-order valence-electron chi connectivity index (χ2n) is 8.57.